The molecule has 2 unspecified atom stereocenters. The van der Waals surface area contributed by atoms with Gasteiger partial charge in [0, 0.05) is 6.26 Å². The molecule has 3 aliphatic rings. The van der Waals surface area contributed by atoms with Gasteiger partial charge in [0.05, 0.1) is 5.25 Å². The molecule has 0 aromatic heterocycles. The van der Waals surface area contributed by atoms with Gasteiger partial charge in [-0.3, -0.25) is 0 Å². The van der Waals surface area contributed by atoms with Crippen molar-refractivity contribution in [3.63, 3.8) is 0 Å². The molecule has 0 aliphatic heterocycles. The highest BCUT2D eigenvalue weighted by Crippen LogP contribution is 2.52. The fourth-order valence-electron chi connectivity index (χ4n) is 2.71. The SMILES string of the molecule is C=C1C2CCCC1C2S(C)(=O)=O. The number of sulfone groups is 1. The highest BCUT2D eigenvalue weighted by atomic mass is 32.2. The number of hydrogen-bond acceptors (Lipinski definition) is 2. The molecular weight excluding hydrogens is 172 g/mol. The van der Waals surface area contributed by atoms with Crippen LogP contribution < -0.4 is 0 Å². The Labute approximate surface area is 73.6 Å². The van der Waals surface area contributed by atoms with Gasteiger partial charge in [0.2, 0.25) is 0 Å². The maximum Gasteiger partial charge on any atom is 0.151 e. The number of fused-ring (bicyclic) bond motifs is 2. The van der Waals surface area contributed by atoms with Crippen molar-refractivity contribution < 1.29 is 8.42 Å². The van der Waals surface area contributed by atoms with E-state index in [9.17, 15) is 8.42 Å². The summed E-state index contributed by atoms with van der Waals surface area (Å²) in [5.74, 6) is 0.581. The summed E-state index contributed by atoms with van der Waals surface area (Å²) >= 11 is 0. The van der Waals surface area contributed by atoms with Gasteiger partial charge < -0.3 is 0 Å². The first kappa shape index (κ1) is 8.30. The molecule has 2 bridgehead atoms. The van der Waals surface area contributed by atoms with Crippen LogP contribution in [0.2, 0.25) is 0 Å². The summed E-state index contributed by atoms with van der Waals surface area (Å²) < 4.78 is 22.7. The summed E-state index contributed by atoms with van der Waals surface area (Å²) in [7, 11) is -2.82. The molecule has 3 rings (SSSR count). The zero-order chi connectivity index (χ0) is 8.93. The Morgan fingerprint density at radius 1 is 1.33 bits per heavy atom. The Morgan fingerprint density at radius 3 is 2.08 bits per heavy atom. The first-order valence-electron chi connectivity index (χ1n) is 4.39. The Morgan fingerprint density at radius 2 is 1.83 bits per heavy atom. The van der Waals surface area contributed by atoms with Crippen LogP contribution in [-0.2, 0) is 9.84 Å². The normalized spacial score (nSPS) is 40.8. The largest absolute Gasteiger partial charge is 0.229 e. The molecule has 3 fully saturated rings. The molecule has 0 heterocycles. The van der Waals surface area contributed by atoms with Crippen LogP contribution >= 0.6 is 0 Å². The third kappa shape index (κ3) is 0.954. The third-order valence-electron chi connectivity index (χ3n) is 3.27. The molecule has 0 amide bonds. The number of rotatable bonds is 1. The van der Waals surface area contributed by atoms with Crippen LogP contribution in [0.1, 0.15) is 19.3 Å². The second kappa shape index (κ2) is 2.34. The van der Waals surface area contributed by atoms with Crippen LogP contribution in [0.25, 0.3) is 0 Å². The number of hydrogen-bond donors (Lipinski definition) is 0. The minimum absolute atomic E-state index is 0.0845. The molecule has 68 valence electrons. The highest BCUT2D eigenvalue weighted by molar-refractivity contribution is 7.91. The van der Waals surface area contributed by atoms with E-state index in [-0.39, 0.29) is 5.25 Å². The second-order valence-corrected chi connectivity index (χ2v) is 6.22. The lowest BCUT2D eigenvalue weighted by Gasteiger charge is -2.50. The molecular formula is C9H14O2S. The Balaban J connectivity index is 2.28. The van der Waals surface area contributed by atoms with Crippen molar-refractivity contribution in [2.75, 3.05) is 6.26 Å². The summed E-state index contributed by atoms with van der Waals surface area (Å²) in [6.07, 6.45) is 4.61. The lowest BCUT2D eigenvalue weighted by atomic mass is 9.61. The van der Waals surface area contributed by atoms with E-state index >= 15 is 0 Å². The summed E-state index contributed by atoms with van der Waals surface area (Å²) in [4.78, 5) is 0. The summed E-state index contributed by atoms with van der Waals surface area (Å²) in [5.41, 5.74) is 1.19. The van der Waals surface area contributed by atoms with Gasteiger partial charge in [0.1, 0.15) is 0 Å². The van der Waals surface area contributed by atoms with Crippen molar-refractivity contribution >= 4 is 9.84 Å². The molecule has 2 atom stereocenters. The molecule has 3 aliphatic carbocycles. The van der Waals surface area contributed by atoms with Gasteiger partial charge in [-0.05, 0) is 24.7 Å². The van der Waals surface area contributed by atoms with Crippen molar-refractivity contribution in [1.82, 2.24) is 0 Å². The first-order chi connectivity index (χ1) is 5.52. The van der Waals surface area contributed by atoms with E-state index in [2.05, 4.69) is 6.58 Å². The van der Waals surface area contributed by atoms with Crippen LogP contribution in [0, 0.1) is 11.8 Å². The minimum atomic E-state index is -2.82. The van der Waals surface area contributed by atoms with E-state index in [4.69, 9.17) is 0 Å². The van der Waals surface area contributed by atoms with E-state index < -0.39 is 9.84 Å². The standard InChI is InChI=1S/C9H14O2S/c1-6-7-4-3-5-8(6)9(7)12(2,10)11/h7-9H,1,3-5H2,2H3. The maximum atomic E-state index is 11.3. The van der Waals surface area contributed by atoms with Crippen molar-refractivity contribution in [3.8, 4) is 0 Å². The van der Waals surface area contributed by atoms with Crippen LogP contribution in [0.5, 0.6) is 0 Å². The van der Waals surface area contributed by atoms with Gasteiger partial charge in [0.25, 0.3) is 0 Å². The molecule has 2 nitrogen and oxygen atoms in total. The van der Waals surface area contributed by atoms with E-state index in [1.807, 2.05) is 0 Å². The molecule has 0 N–H and O–H groups in total. The topological polar surface area (TPSA) is 34.1 Å². The van der Waals surface area contributed by atoms with Crippen molar-refractivity contribution in [2.45, 2.75) is 24.5 Å². The summed E-state index contributed by atoms with van der Waals surface area (Å²) in [6, 6.07) is 0. The van der Waals surface area contributed by atoms with E-state index in [1.165, 1.54) is 18.2 Å². The highest BCUT2D eigenvalue weighted by Gasteiger charge is 2.51. The molecule has 12 heavy (non-hydrogen) atoms. The lowest BCUT2D eigenvalue weighted by Crippen LogP contribution is -2.51. The van der Waals surface area contributed by atoms with Gasteiger partial charge in [-0.2, -0.15) is 0 Å². The monoisotopic (exact) mass is 186 g/mol. The van der Waals surface area contributed by atoms with Gasteiger partial charge in [-0.15, -0.1) is 0 Å². The van der Waals surface area contributed by atoms with Crippen molar-refractivity contribution in [2.24, 2.45) is 11.8 Å². The Hall–Kier alpha value is -0.310. The fraction of sp³-hybridized carbons (Fsp3) is 0.778. The Bertz CT molecular complexity index is 301. The molecule has 3 heteroatoms. The molecule has 0 aromatic carbocycles. The van der Waals surface area contributed by atoms with Crippen molar-refractivity contribution in [3.05, 3.63) is 12.2 Å². The van der Waals surface area contributed by atoms with E-state index in [0.29, 0.717) is 11.8 Å². The minimum Gasteiger partial charge on any atom is -0.229 e. The molecule has 0 spiro atoms. The van der Waals surface area contributed by atoms with Crippen LogP contribution in [0.3, 0.4) is 0 Å². The zero-order valence-corrected chi connectivity index (χ0v) is 8.10. The van der Waals surface area contributed by atoms with Gasteiger partial charge >= 0.3 is 0 Å². The predicted octanol–water partition coefficient (Wildman–Crippen LogP) is 1.39. The quantitative estimate of drug-likeness (QED) is 0.580. The lowest BCUT2D eigenvalue weighted by molar-refractivity contribution is 0.221. The van der Waals surface area contributed by atoms with Crippen LogP contribution in [0.4, 0.5) is 0 Å². The molecule has 0 aromatic rings. The average Bonchev–Trinajstić information content (AvgIpc) is 2.01. The predicted molar refractivity (Wildman–Crippen MR) is 48.6 cm³/mol. The maximum absolute atomic E-state index is 11.3. The molecule has 0 radical (unpaired) electrons. The van der Waals surface area contributed by atoms with Crippen LogP contribution in [-0.4, -0.2) is 19.9 Å². The summed E-state index contributed by atoms with van der Waals surface area (Å²) in [5, 5.41) is -0.0845. The number of allylic oxidation sites excluding steroid dienone is 1. The van der Waals surface area contributed by atoms with E-state index in [1.54, 1.807) is 0 Å². The second-order valence-electron chi connectivity index (χ2n) is 4.01. The zero-order valence-electron chi connectivity index (χ0n) is 7.29. The van der Waals surface area contributed by atoms with Gasteiger partial charge in [0.15, 0.2) is 9.84 Å². The van der Waals surface area contributed by atoms with Crippen LogP contribution in [0.15, 0.2) is 12.2 Å². The van der Waals surface area contributed by atoms with Crippen molar-refractivity contribution in [1.29, 1.82) is 0 Å². The van der Waals surface area contributed by atoms with Gasteiger partial charge in [-0.25, -0.2) is 8.42 Å². The Kier molecular flexibility index (Phi) is 1.62. The van der Waals surface area contributed by atoms with E-state index in [0.717, 1.165) is 12.8 Å². The summed E-state index contributed by atoms with van der Waals surface area (Å²) in [6.45, 7) is 3.94. The average molecular weight is 186 g/mol. The molecule has 0 saturated heterocycles. The third-order valence-corrected chi connectivity index (χ3v) is 4.92. The molecule has 3 saturated carbocycles. The smallest absolute Gasteiger partial charge is 0.151 e. The van der Waals surface area contributed by atoms with Gasteiger partial charge in [-0.1, -0.05) is 18.6 Å². The first-order valence-corrected chi connectivity index (χ1v) is 6.35. The fourth-order valence-corrected chi connectivity index (χ4v) is 4.53.